The van der Waals surface area contributed by atoms with Crippen molar-refractivity contribution in [1.82, 2.24) is 4.90 Å². The molecule has 2 nitrogen and oxygen atoms in total. The zero-order valence-electron chi connectivity index (χ0n) is 13.6. The van der Waals surface area contributed by atoms with Gasteiger partial charge in [0.1, 0.15) is 0 Å². The van der Waals surface area contributed by atoms with Crippen LogP contribution in [0.5, 0.6) is 0 Å². The first-order valence-electron chi connectivity index (χ1n) is 7.88. The van der Waals surface area contributed by atoms with Gasteiger partial charge in [-0.3, -0.25) is 4.79 Å². The van der Waals surface area contributed by atoms with Crippen LogP contribution >= 0.6 is 0 Å². The lowest BCUT2D eigenvalue weighted by Gasteiger charge is -2.31. The summed E-state index contributed by atoms with van der Waals surface area (Å²) in [6.07, 6.45) is -2.08. The molecule has 1 atom stereocenters. The van der Waals surface area contributed by atoms with Crippen LogP contribution in [0.2, 0.25) is 0 Å². The fraction of sp³-hybridized carbons (Fsp3) is 0.500. The molecule has 0 spiro atoms. The Kier molecular flexibility index (Phi) is 5.17. The molecule has 5 heteroatoms. The molecule has 1 amide bonds. The Bertz CT molecular complexity index is 574. The number of nitrogens with zero attached hydrogens (tertiary/aromatic N) is 1. The lowest BCUT2D eigenvalue weighted by molar-refractivity contribution is -0.129. The predicted molar refractivity (Wildman–Crippen MR) is 84.6 cm³/mol. The maximum atomic E-state index is 13.4. The van der Waals surface area contributed by atoms with E-state index in [1.54, 1.807) is 11.0 Å². The van der Waals surface area contributed by atoms with E-state index >= 15 is 0 Å². The van der Waals surface area contributed by atoms with Crippen LogP contribution in [0.15, 0.2) is 36.4 Å². The van der Waals surface area contributed by atoms with Crippen LogP contribution in [0.3, 0.4) is 0 Å². The minimum absolute atomic E-state index is 0.0151. The van der Waals surface area contributed by atoms with Crippen LogP contribution < -0.4 is 0 Å². The molecule has 1 aromatic rings. The molecule has 1 saturated carbocycles. The molecule has 0 saturated heterocycles. The highest BCUT2D eigenvalue weighted by atomic mass is 19.4. The fourth-order valence-electron chi connectivity index (χ4n) is 2.53. The number of allylic oxidation sites excluding steroid dienone is 1. The van der Waals surface area contributed by atoms with Crippen molar-refractivity contribution in [2.75, 3.05) is 0 Å². The summed E-state index contributed by atoms with van der Waals surface area (Å²) in [5.74, 6) is -0.358. The second-order valence-corrected chi connectivity index (χ2v) is 6.38. The Morgan fingerprint density at radius 3 is 2.17 bits per heavy atom. The van der Waals surface area contributed by atoms with Gasteiger partial charge in [-0.25, -0.2) is 0 Å². The average molecular weight is 325 g/mol. The third kappa shape index (κ3) is 4.36. The van der Waals surface area contributed by atoms with Gasteiger partial charge >= 0.3 is 6.18 Å². The smallest absolute Gasteiger partial charge is 0.333 e. The normalized spacial score (nSPS) is 17.3. The van der Waals surface area contributed by atoms with Gasteiger partial charge in [0.25, 0.3) is 0 Å². The number of hydrogen-bond donors (Lipinski definition) is 0. The van der Waals surface area contributed by atoms with Crippen molar-refractivity contribution in [3.8, 4) is 0 Å². The van der Waals surface area contributed by atoms with Crippen molar-refractivity contribution in [3.05, 3.63) is 42.0 Å². The van der Waals surface area contributed by atoms with Gasteiger partial charge in [-0.1, -0.05) is 44.2 Å². The summed E-state index contributed by atoms with van der Waals surface area (Å²) >= 11 is 0. The number of carbonyl (C=O) groups is 1. The van der Waals surface area contributed by atoms with Gasteiger partial charge in [-0.05, 0) is 31.2 Å². The van der Waals surface area contributed by atoms with E-state index in [0.29, 0.717) is 0 Å². The van der Waals surface area contributed by atoms with Crippen LogP contribution in [0.25, 0.3) is 5.57 Å². The minimum Gasteiger partial charge on any atom is -0.333 e. The van der Waals surface area contributed by atoms with Crippen LogP contribution in [-0.4, -0.2) is 29.1 Å². The quantitative estimate of drug-likeness (QED) is 0.721. The Hall–Kier alpha value is -1.78. The fourth-order valence-corrected chi connectivity index (χ4v) is 2.53. The summed E-state index contributed by atoms with van der Waals surface area (Å²) in [5.41, 5.74) is -0.869. The largest absolute Gasteiger partial charge is 0.417 e. The van der Waals surface area contributed by atoms with Gasteiger partial charge in [0.05, 0.1) is 5.57 Å². The molecule has 0 heterocycles. The van der Waals surface area contributed by atoms with Crippen molar-refractivity contribution in [2.24, 2.45) is 5.92 Å². The molecule has 2 rings (SSSR count). The van der Waals surface area contributed by atoms with Crippen LogP contribution in [0.1, 0.15) is 39.2 Å². The zero-order valence-corrected chi connectivity index (χ0v) is 13.6. The third-order valence-electron chi connectivity index (χ3n) is 4.26. The van der Waals surface area contributed by atoms with Crippen molar-refractivity contribution in [1.29, 1.82) is 0 Å². The third-order valence-corrected chi connectivity index (χ3v) is 4.26. The molecular formula is C18H22F3NO. The monoisotopic (exact) mass is 325 g/mol. The Morgan fingerprint density at radius 1 is 1.17 bits per heavy atom. The van der Waals surface area contributed by atoms with Gasteiger partial charge in [0.2, 0.25) is 5.91 Å². The lowest BCUT2D eigenvalue weighted by atomic mass is 10.0. The molecule has 0 aromatic heterocycles. The highest BCUT2D eigenvalue weighted by molar-refractivity contribution is 5.96. The summed E-state index contributed by atoms with van der Waals surface area (Å²) in [6.45, 7) is 5.84. The number of amides is 1. The first-order chi connectivity index (χ1) is 10.7. The van der Waals surface area contributed by atoms with Crippen molar-refractivity contribution < 1.29 is 18.0 Å². The number of carbonyl (C=O) groups excluding carboxylic acids is 1. The van der Waals surface area contributed by atoms with E-state index in [1.165, 1.54) is 24.3 Å². The van der Waals surface area contributed by atoms with E-state index in [4.69, 9.17) is 0 Å². The predicted octanol–water partition coefficient (Wildman–Crippen LogP) is 4.67. The zero-order chi connectivity index (χ0) is 17.2. The summed E-state index contributed by atoms with van der Waals surface area (Å²) in [5, 5.41) is 0. The molecule has 23 heavy (non-hydrogen) atoms. The first kappa shape index (κ1) is 17.6. The molecule has 0 radical (unpaired) electrons. The van der Waals surface area contributed by atoms with Crippen molar-refractivity contribution in [3.63, 3.8) is 0 Å². The number of rotatable bonds is 5. The van der Waals surface area contributed by atoms with Crippen LogP contribution in [0.4, 0.5) is 13.2 Å². The van der Waals surface area contributed by atoms with Gasteiger partial charge in [-0.2, -0.15) is 13.2 Å². The highest BCUT2D eigenvalue weighted by Gasteiger charge is 2.39. The molecule has 1 fully saturated rings. The number of alkyl halides is 3. The number of hydrogen-bond acceptors (Lipinski definition) is 1. The molecule has 1 unspecified atom stereocenters. The van der Waals surface area contributed by atoms with E-state index < -0.39 is 17.7 Å². The Labute approximate surface area is 135 Å². The van der Waals surface area contributed by atoms with Crippen LogP contribution in [0, 0.1) is 5.92 Å². The van der Waals surface area contributed by atoms with Crippen molar-refractivity contribution in [2.45, 2.75) is 51.9 Å². The average Bonchev–Trinajstić information content (AvgIpc) is 3.29. The summed E-state index contributed by atoms with van der Waals surface area (Å²) < 4.78 is 40.1. The molecule has 0 bridgehead atoms. The maximum absolute atomic E-state index is 13.4. The van der Waals surface area contributed by atoms with Gasteiger partial charge in [-0.15, -0.1) is 0 Å². The molecule has 1 aromatic carbocycles. The SMILES string of the molecule is CC(C)C(C)N(C(=O)/C=C(/c1ccccc1)C(F)(F)F)C1CC1. The summed E-state index contributed by atoms with van der Waals surface area (Å²) in [6, 6.07) is 7.46. The molecule has 126 valence electrons. The molecule has 0 aliphatic heterocycles. The maximum Gasteiger partial charge on any atom is 0.417 e. The van der Waals surface area contributed by atoms with Crippen molar-refractivity contribution >= 4 is 11.5 Å². The van der Waals surface area contributed by atoms with Gasteiger partial charge in [0, 0.05) is 18.2 Å². The van der Waals surface area contributed by atoms with E-state index in [9.17, 15) is 18.0 Å². The topological polar surface area (TPSA) is 20.3 Å². The molecule has 1 aliphatic carbocycles. The van der Waals surface area contributed by atoms with E-state index in [0.717, 1.165) is 18.9 Å². The number of halogens is 3. The van der Waals surface area contributed by atoms with Gasteiger partial charge < -0.3 is 4.90 Å². The van der Waals surface area contributed by atoms with E-state index in [2.05, 4.69) is 0 Å². The summed E-state index contributed by atoms with van der Waals surface area (Å²) in [4.78, 5) is 14.2. The van der Waals surface area contributed by atoms with Crippen LogP contribution in [-0.2, 0) is 4.79 Å². The molecule has 1 aliphatic rings. The Morgan fingerprint density at radius 2 is 1.74 bits per heavy atom. The lowest BCUT2D eigenvalue weighted by Crippen LogP contribution is -2.42. The minimum atomic E-state index is -4.56. The number of benzene rings is 1. The second-order valence-electron chi connectivity index (χ2n) is 6.38. The van der Waals surface area contributed by atoms with E-state index in [-0.39, 0.29) is 23.6 Å². The Balaban J connectivity index is 2.36. The second kappa shape index (κ2) is 6.77. The molecule has 0 N–H and O–H groups in total. The van der Waals surface area contributed by atoms with E-state index in [1.807, 2.05) is 20.8 Å². The van der Waals surface area contributed by atoms with Gasteiger partial charge in [0.15, 0.2) is 0 Å². The molecular weight excluding hydrogens is 303 g/mol. The standard InChI is InChI=1S/C18H22F3NO/c1-12(2)13(3)22(15-9-10-15)17(23)11-16(18(19,20)21)14-7-5-4-6-8-14/h4-8,11-13,15H,9-10H2,1-3H3/b16-11-. The first-order valence-corrected chi connectivity index (χ1v) is 7.88. The summed E-state index contributed by atoms with van der Waals surface area (Å²) in [7, 11) is 0. The highest BCUT2D eigenvalue weighted by Crippen LogP contribution is 2.36.